The molecule has 3 aromatic rings. The Balaban J connectivity index is 1.66. The van der Waals surface area contributed by atoms with E-state index in [1.54, 1.807) is 6.07 Å². The van der Waals surface area contributed by atoms with Gasteiger partial charge in [-0.25, -0.2) is 0 Å². The molecule has 0 aliphatic heterocycles. The standard InChI is InChI=1S/C15H17N5O4/c1-9-2-3-13(24-9)12-4-14(19-18-12)17-15(23)10-5-16-20(6-10)7-11(22)8-21/h2-6,11,21-22H,7-8H2,1H3,(H2,17,18,19,23). The van der Waals surface area contributed by atoms with Crippen molar-refractivity contribution in [2.75, 3.05) is 11.9 Å². The van der Waals surface area contributed by atoms with Gasteiger partial charge in [-0.05, 0) is 19.1 Å². The molecule has 4 N–H and O–H groups in total. The summed E-state index contributed by atoms with van der Waals surface area (Å²) >= 11 is 0. The maximum absolute atomic E-state index is 12.2. The first kappa shape index (κ1) is 16.0. The first-order valence-corrected chi connectivity index (χ1v) is 7.30. The van der Waals surface area contributed by atoms with Crippen LogP contribution in [0.15, 0.2) is 35.0 Å². The zero-order valence-corrected chi connectivity index (χ0v) is 12.9. The molecular formula is C15H17N5O4. The Morgan fingerprint density at radius 1 is 1.50 bits per heavy atom. The van der Waals surface area contributed by atoms with Crippen LogP contribution in [0.3, 0.4) is 0 Å². The van der Waals surface area contributed by atoms with Crippen molar-refractivity contribution in [3.05, 3.63) is 41.9 Å². The summed E-state index contributed by atoms with van der Waals surface area (Å²) in [6.07, 6.45) is 1.94. The third-order valence-corrected chi connectivity index (χ3v) is 3.33. The summed E-state index contributed by atoms with van der Waals surface area (Å²) in [6, 6.07) is 5.31. The molecule has 0 aliphatic rings. The van der Waals surface area contributed by atoms with Gasteiger partial charge in [0.05, 0.1) is 31.0 Å². The van der Waals surface area contributed by atoms with Crippen molar-refractivity contribution < 1.29 is 19.4 Å². The molecule has 9 nitrogen and oxygen atoms in total. The number of nitrogens with zero attached hydrogens (tertiary/aromatic N) is 3. The number of aliphatic hydroxyl groups excluding tert-OH is 2. The molecule has 0 aliphatic carbocycles. The molecule has 1 unspecified atom stereocenters. The summed E-state index contributed by atoms with van der Waals surface area (Å²) < 4.78 is 6.87. The van der Waals surface area contributed by atoms with E-state index in [1.807, 2.05) is 19.1 Å². The van der Waals surface area contributed by atoms with E-state index in [2.05, 4.69) is 20.6 Å². The molecule has 0 spiro atoms. The van der Waals surface area contributed by atoms with Crippen LogP contribution >= 0.6 is 0 Å². The fourth-order valence-electron chi connectivity index (χ4n) is 2.13. The fourth-order valence-corrected chi connectivity index (χ4v) is 2.13. The molecule has 3 heterocycles. The SMILES string of the molecule is Cc1ccc(-c2cc(NC(=O)c3cnn(CC(O)CO)c3)n[nH]2)o1. The van der Waals surface area contributed by atoms with Crippen LogP contribution in [0, 0.1) is 6.92 Å². The monoisotopic (exact) mass is 331 g/mol. The molecule has 126 valence electrons. The zero-order valence-electron chi connectivity index (χ0n) is 12.9. The van der Waals surface area contributed by atoms with Gasteiger partial charge in [-0.15, -0.1) is 0 Å². The molecule has 0 bridgehead atoms. The van der Waals surface area contributed by atoms with Crippen LogP contribution < -0.4 is 5.32 Å². The Labute approximate surface area is 136 Å². The highest BCUT2D eigenvalue weighted by molar-refractivity contribution is 6.03. The lowest BCUT2D eigenvalue weighted by Crippen LogP contribution is -2.20. The third-order valence-electron chi connectivity index (χ3n) is 3.33. The number of aliphatic hydroxyl groups is 2. The first-order valence-electron chi connectivity index (χ1n) is 7.30. The number of carbonyl (C=O) groups excluding carboxylic acids is 1. The molecule has 0 fully saturated rings. The van der Waals surface area contributed by atoms with Gasteiger partial charge in [-0.1, -0.05) is 0 Å². The highest BCUT2D eigenvalue weighted by Crippen LogP contribution is 2.22. The minimum absolute atomic E-state index is 0.105. The molecule has 0 saturated heterocycles. The van der Waals surface area contributed by atoms with Crippen molar-refractivity contribution in [2.45, 2.75) is 19.6 Å². The molecule has 3 rings (SSSR count). The molecule has 1 atom stereocenters. The van der Waals surface area contributed by atoms with Crippen LogP contribution in [0.25, 0.3) is 11.5 Å². The van der Waals surface area contributed by atoms with Crippen molar-refractivity contribution in [3.8, 4) is 11.5 Å². The number of anilines is 1. The Morgan fingerprint density at radius 2 is 2.33 bits per heavy atom. The molecule has 0 radical (unpaired) electrons. The summed E-state index contributed by atoms with van der Waals surface area (Å²) in [7, 11) is 0. The molecular weight excluding hydrogens is 314 g/mol. The zero-order chi connectivity index (χ0) is 17.1. The minimum atomic E-state index is -0.925. The van der Waals surface area contributed by atoms with Gasteiger partial charge in [0.25, 0.3) is 5.91 Å². The van der Waals surface area contributed by atoms with E-state index >= 15 is 0 Å². The van der Waals surface area contributed by atoms with Crippen molar-refractivity contribution in [3.63, 3.8) is 0 Å². The van der Waals surface area contributed by atoms with E-state index in [1.165, 1.54) is 17.1 Å². The number of aryl methyl sites for hydroxylation is 1. The van der Waals surface area contributed by atoms with Gasteiger partial charge in [0, 0.05) is 12.3 Å². The van der Waals surface area contributed by atoms with Crippen LogP contribution in [0.2, 0.25) is 0 Å². The Hall–Kier alpha value is -2.91. The van der Waals surface area contributed by atoms with E-state index in [0.29, 0.717) is 22.8 Å². The molecule has 24 heavy (non-hydrogen) atoms. The number of aromatic nitrogens is 4. The van der Waals surface area contributed by atoms with Gasteiger partial charge in [0.1, 0.15) is 11.5 Å². The van der Waals surface area contributed by atoms with Gasteiger partial charge < -0.3 is 19.9 Å². The van der Waals surface area contributed by atoms with Crippen LogP contribution in [0.4, 0.5) is 5.82 Å². The lowest BCUT2D eigenvalue weighted by atomic mass is 10.3. The second kappa shape index (κ2) is 6.69. The van der Waals surface area contributed by atoms with E-state index in [0.717, 1.165) is 5.76 Å². The number of furan rings is 1. The number of rotatable bonds is 6. The predicted octanol–water partition coefficient (Wildman–Crippen LogP) is 0.780. The number of hydrogen-bond acceptors (Lipinski definition) is 6. The normalized spacial score (nSPS) is 12.3. The number of H-pyrrole nitrogens is 1. The van der Waals surface area contributed by atoms with Crippen LogP contribution in [-0.4, -0.2) is 48.8 Å². The van der Waals surface area contributed by atoms with Crippen molar-refractivity contribution in [1.29, 1.82) is 0 Å². The third kappa shape index (κ3) is 3.53. The van der Waals surface area contributed by atoms with Crippen molar-refractivity contribution >= 4 is 11.7 Å². The second-order valence-electron chi connectivity index (χ2n) is 5.32. The topological polar surface area (TPSA) is 129 Å². The highest BCUT2D eigenvalue weighted by Gasteiger charge is 2.13. The summed E-state index contributed by atoms with van der Waals surface area (Å²) in [6.45, 7) is 1.58. The maximum Gasteiger partial charge on any atom is 0.260 e. The lowest BCUT2D eigenvalue weighted by Gasteiger charge is -2.05. The Morgan fingerprint density at radius 3 is 3.04 bits per heavy atom. The van der Waals surface area contributed by atoms with Gasteiger partial charge in [0.2, 0.25) is 0 Å². The summed E-state index contributed by atoms with van der Waals surface area (Å²) in [5, 5.41) is 31.6. The quantitative estimate of drug-likeness (QED) is 0.528. The number of hydrogen-bond donors (Lipinski definition) is 4. The first-order chi connectivity index (χ1) is 11.5. The van der Waals surface area contributed by atoms with Gasteiger partial charge >= 0.3 is 0 Å². The van der Waals surface area contributed by atoms with E-state index < -0.39 is 6.10 Å². The van der Waals surface area contributed by atoms with E-state index in [9.17, 15) is 9.90 Å². The maximum atomic E-state index is 12.2. The fraction of sp³-hybridized carbons (Fsp3) is 0.267. The van der Waals surface area contributed by atoms with Crippen molar-refractivity contribution in [2.24, 2.45) is 0 Å². The number of nitrogens with one attached hydrogen (secondary N) is 2. The summed E-state index contributed by atoms with van der Waals surface area (Å²) in [4.78, 5) is 12.2. The van der Waals surface area contributed by atoms with Crippen molar-refractivity contribution in [1.82, 2.24) is 20.0 Å². The minimum Gasteiger partial charge on any atom is -0.460 e. The highest BCUT2D eigenvalue weighted by atomic mass is 16.3. The van der Waals surface area contributed by atoms with Crippen LogP contribution in [-0.2, 0) is 6.54 Å². The number of aromatic amines is 1. The van der Waals surface area contributed by atoms with Gasteiger partial charge in [-0.2, -0.15) is 10.2 Å². The van der Waals surface area contributed by atoms with Crippen LogP contribution in [0.1, 0.15) is 16.1 Å². The molecule has 1 amide bonds. The summed E-state index contributed by atoms with van der Waals surface area (Å²) in [5.74, 6) is 1.38. The molecule has 9 heteroatoms. The molecule has 3 aromatic heterocycles. The lowest BCUT2D eigenvalue weighted by molar-refractivity contribution is 0.0782. The van der Waals surface area contributed by atoms with Crippen LogP contribution in [0.5, 0.6) is 0 Å². The smallest absolute Gasteiger partial charge is 0.260 e. The Kier molecular flexibility index (Phi) is 4.45. The van der Waals surface area contributed by atoms with Gasteiger partial charge in [0.15, 0.2) is 11.6 Å². The van der Waals surface area contributed by atoms with E-state index in [4.69, 9.17) is 9.52 Å². The number of carbonyl (C=O) groups is 1. The summed E-state index contributed by atoms with van der Waals surface area (Å²) in [5.41, 5.74) is 0.971. The largest absolute Gasteiger partial charge is 0.460 e. The average molecular weight is 331 g/mol. The number of amides is 1. The molecule has 0 saturated carbocycles. The average Bonchev–Trinajstić information content (AvgIpc) is 3.28. The molecule has 0 aromatic carbocycles. The Bertz CT molecular complexity index is 834. The second-order valence-corrected chi connectivity index (χ2v) is 5.32. The van der Waals surface area contributed by atoms with E-state index in [-0.39, 0.29) is 19.1 Å². The van der Waals surface area contributed by atoms with Gasteiger partial charge in [-0.3, -0.25) is 14.6 Å². The predicted molar refractivity (Wildman–Crippen MR) is 84.3 cm³/mol.